The topological polar surface area (TPSA) is 15.3 Å². The van der Waals surface area contributed by atoms with Gasteiger partial charge >= 0.3 is 6.18 Å². The molecule has 2 rings (SSSR count). The van der Waals surface area contributed by atoms with E-state index in [2.05, 4.69) is 5.32 Å². The molecule has 1 aromatic rings. The summed E-state index contributed by atoms with van der Waals surface area (Å²) >= 11 is 5.60. The lowest BCUT2D eigenvalue weighted by molar-refractivity contribution is -0.137. The van der Waals surface area contributed by atoms with Gasteiger partial charge in [0.2, 0.25) is 0 Å². The number of halogens is 4. The summed E-state index contributed by atoms with van der Waals surface area (Å²) in [5, 5.41) is 2.99. The second kappa shape index (κ2) is 4.97. The van der Waals surface area contributed by atoms with Gasteiger partial charge in [-0.05, 0) is 25.1 Å². The SMILES string of the molecule is CC1CN(c2ccc(Cl)c(C(F)(F)F)c2)CCN1. The molecule has 1 heterocycles. The van der Waals surface area contributed by atoms with Crippen LogP contribution in [0.5, 0.6) is 0 Å². The van der Waals surface area contributed by atoms with Crippen LogP contribution in [0.4, 0.5) is 18.9 Å². The Morgan fingerprint density at radius 1 is 1.39 bits per heavy atom. The standard InChI is InChI=1S/C12H14ClF3N2/c1-8-7-18(5-4-17-8)9-2-3-11(13)10(6-9)12(14,15)16/h2-3,6,8,17H,4-5,7H2,1H3. The average molecular weight is 279 g/mol. The van der Waals surface area contributed by atoms with Crippen molar-refractivity contribution in [3.8, 4) is 0 Å². The Balaban J connectivity index is 2.29. The number of hydrogen-bond acceptors (Lipinski definition) is 2. The van der Waals surface area contributed by atoms with Crippen LogP contribution in [0.2, 0.25) is 5.02 Å². The third-order valence-corrected chi connectivity index (χ3v) is 3.32. The first-order valence-electron chi connectivity index (χ1n) is 5.73. The van der Waals surface area contributed by atoms with Crippen LogP contribution in [0.3, 0.4) is 0 Å². The van der Waals surface area contributed by atoms with Gasteiger partial charge < -0.3 is 10.2 Å². The minimum Gasteiger partial charge on any atom is -0.369 e. The molecule has 1 unspecified atom stereocenters. The largest absolute Gasteiger partial charge is 0.417 e. The van der Waals surface area contributed by atoms with E-state index in [-0.39, 0.29) is 11.1 Å². The molecule has 0 aromatic heterocycles. The molecule has 0 bridgehead atoms. The lowest BCUT2D eigenvalue weighted by Gasteiger charge is -2.34. The predicted molar refractivity (Wildman–Crippen MR) is 66.1 cm³/mol. The maximum Gasteiger partial charge on any atom is 0.417 e. The van der Waals surface area contributed by atoms with Gasteiger partial charge in [-0.3, -0.25) is 0 Å². The predicted octanol–water partition coefficient (Wildman–Crippen LogP) is 3.16. The van der Waals surface area contributed by atoms with Crippen LogP contribution in [0, 0.1) is 0 Å². The highest BCUT2D eigenvalue weighted by atomic mass is 35.5. The van der Waals surface area contributed by atoms with Gasteiger partial charge in [0.1, 0.15) is 0 Å². The van der Waals surface area contributed by atoms with Gasteiger partial charge in [0.15, 0.2) is 0 Å². The van der Waals surface area contributed by atoms with Crippen molar-refractivity contribution in [2.24, 2.45) is 0 Å². The molecule has 6 heteroatoms. The Morgan fingerprint density at radius 3 is 2.72 bits per heavy atom. The normalized spacial score (nSPS) is 21.2. The maximum absolute atomic E-state index is 12.8. The third kappa shape index (κ3) is 2.90. The second-order valence-corrected chi connectivity index (χ2v) is 4.87. The molecule has 1 aliphatic heterocycles. The van der Waals surface area contributed by atoms with Gasteiger partial charge in [0.05, 0.1) is 10.6 Å². The molecule has 1 fully saturated rings. The summed E-state index contributed by atoms with van der Waals surface area (Å²) in [5.74, 6) is 0. The molecule has 1 aromatic carbocycles. The molecule has 0 saturated carbocycles. The van der Waals surface area contributed by atoms with E-state index in [4.69, 9.17) is 11.6 Å². The Kier molecular flexibility index (Phi) is 3.73. The zero-order valence-corrected chi connectivity index (χ0v) is 10.6. The van der Waals surface area contributed by atoms with Crippen LogP contribution >= 0.6 is 11.6 Å². The highest BCUT2D eigenvalue weighted by molar-refractivity contribution is 6.31. The van der Waals surface area contributed by atoms with E-state index in [1.54, 1.807) is 6.07 Å². The first kappa shape index (κ1) is 13.5. The number of alkyl halides is 3. The molecule has 0 spiro atoms. The van der Waals surface area contributed by atoms with Gasteiger partial charge in [-0.1, -0.05) is 11.6 Å². The number of piperazine rings is 1. The molecule has 100 valence electrons. The molecule has 18 heavy (non-hydrogen) atoms. The zero-order chi connectivity index (χ0) is 13.3. The lowest BCUT2D eigenvalue weighted by atomic mass is 10.1. The molecule has 1 aliphatic rings. The van der Waals surface area contributed by atoms with Crippen LogP contribution in [0.25, 0.3) is 0 Å². The van der Waals surface area contributed by atoms with Gasteiger partial charge in [0.25, 0.3) is 0 Å². The molecule has 1 saturated heterocycles. The fourth-order valence-corrected chi connectivity index (χ4v) is 2.32. The van der Waals surface area contributed by atoms with E-state index in [0.717, 1.165) is 12.6 Å². The quantitative estimate of drug-likeness (QED) is 0.849. The van der Waals surface area contributed by atoms with Crippen molar-refractivity contribution in [3.63, 3.8) is 0 Å². The molecule has 2 nitrogen and oxygen atoms in total. The molecule has 0 aliphatic carbocycles. The first-order chi connectivity index (χ1) is 8.38. The maximum atomic E-state index is 12.8. The number of rotatable bonds is 1. The fraction of sp³-hybridized carbons (Fsp3) is 0.500. The number of nitrogens with one attached hydrogen (secondary N) is 1. The van der Waals surface area contributed by atoms with Crippen LogP contribution in [-0.4, -0.2) is 25.7 Å². The number of nitrogens with zero attached hydrogens (tertiary/aromatic N) is 1. The third-order valence-electron chi connectivity index (χ3n) is 2.99. The summed E-state index contributed by atoms with van der Waals surface area (Å²) in [7, 11) is 0. The Bertz CT molecular complexity index is 434. The minimum atomic E-state index is -4.41. The summed E-state index contributed by atoms with van der Waals surface area (Å²) in [6.07, 6.45) is -4.41. The van der Waals surface area contributed by atoms with Crippen molar-refractivity contribution < 1.29 is 13.2 Å². The number of anilines is 1. The van der Waals surface area contributed by atoms with Crippen molar-refractivity contribution in [1.82, 2.24) is 5.32 Å². The Labute approximate surface area is 109 Å². The smallest absolute Gasteiger partial charge is 0.369 e. The van der Waals surface area contributed by atoms with Crippen LogP contribution in [-0.2, 0) is 6.18 Å². The van der Waals surface area contributed by atoms with E-state index < -0.39 is 11.7 Å². The minimum absolute atomic E-state index is 0.255. The lowest BCUT2D eigenvalue weighted by Crippen LogP contribution is -2.49. The van der Waals surface area contributed by atoms with Crippen LogP contribution in [0.15, 0.2) is 18.2 Å². The van der Waals surface area contributed by atoms with Crippen molar-refractivity contribution in [2.45, 2.75) is 19.1 Å². The molecule has 0 radical (unpaired) electrons. The van der Waals surface area contributed by atoms with Crippen molar-refractivity contribution >= 4 is 17.3 Å². The summed E-state index contributed by atoms with van der Waals surface area (Å²) in [6, 6.07) is 4.34. The highest BCUT2D eigenvalue weighted by Gasteiger charge is 2.34. The van der Waals surface area contributed by atoms with Crippen LogP contribution in [0.1, 0.15) is 12.5 Å². The Morgan fingerprint density at radius 2 is 2.11 bits per heavy atom. The van der Waals surface area contributed by atoms with Gasteiger partial charge in [-0.25, -0.2) is 0 Å². The molecule has 0 amide bonds. The van der Waals surface area contributed by atoms with Crippen molar-refractivity contribution in [1.29, 1.82) is 0 Å². The van der Waals surface area contributed by atoms with E-state index in [9.17, 15) is 13.2 Å². The fourth-order valence-electron chi connectivity index (χ4n) is 2.09. The highest BCUT2D eigenvalue weighted by Crippen LogP contribution is 2.37. The summed E-state index contributed by atoms with van der Waals surface area (Å²) in [4.78, 5) is 1.94. The molecular formula is C12H14ClF3N2. The second-order valence-electron chi connectivity index (χ2n) is 4.46. The summed E-state index contributed by atoms with van der Waals surface area (Å²) < 4.78 is 38.3. The van der Waals surface area contributed by atoms with E-state index in [1.165, 1.54) is 6.07 Å². The van der Waals surface area contributed by atoms with Crippen molar-refractivity contribution in [2.75, 3.05) is 24.5 Å². The summed E-state index contributed by atoms with van der Waals surface area (Å²) in [6.45, 7) is 4.17. The van der Waals surface area contributed by atoms with E-state index in [0.29, 0.717) is 18.8 Å². The average Bonchev–Trinajstić information content (AvgIpc) is 2.28. The van der Waals surface area contributed by atoms with E-state index in [1.807, 2.05) is 11.8 Å². The van der Waals surface area contributed by atoms with E-state index >= 15 is 0 Å². The zero-order valence-electron chi connectivity index (χ0n) is 9.89. The summed E-state index contributed by atoms with van der Waals surface area (Å²) in [5.41, 5.74) is -0.201. The molecular weight excluding hydrogens is 265 g/mol. The van der Waals surface area contributed by atoms with Gasteiger partial charge in [-0.15, -0.1) is 0 Å². The molecule has 1 N–H and O–H groups in total. The van der Waals surface area contributed by atoms with Crippen LogP contribution < -0.4 is 10.2 Å². The Hall–Kier alpha value is -0.940. The molecule has 1 atom stereocenters. The van der Waals surface area contributed by atoms with Gasteiger partial charge in [-0.2, -0.15) is 13.2 Å². The number of benzene rings is 1. The first-order valence-corrected chi connectivity index (χ1v) is 6.11. The van der Waals surface area contributed by atoms with Gasteiger partial charge in [0, 0.05) is 31.4 Å². The monoisotopic (exact) mass is 278 g/mol. The number of hydrogen-bond donors (Lipinski definition) is 1. The van der Waals surface area contributed by atoms with Crippen molar-refractivity contribution in [3.05, 3.63) is 28.8 Å².